The molecule has 2 aromatic rings. The first kappa shape index (κ1) is 34.8. The van der Waals surface area contributed by atoms with Gasteiger partial charge >= 0.3 is 40.3 Å². The Bertz CT molecular complexity index is 1210. The second-order valence-electron chi connectivity index (χ2n) is 8.76. The molecular formula is C24H32CuN8O7S2+2. The second kappa shape index (κ2) is 16.9. The molecule has 0 atom stereocenters. The van der Waals surface area contributed by atoms with Crippen LogP contribution in [0, 0.1) is 0 Å². The number of hydrogen-bond acceptors (Lipinski definition) is 11. The third-order valence-electron chi connectivity index (χ3n) is 6.01. The van der Waals surface area contributed by atoms with Gasteiger partial charge in [0.25, 0.3) is 11.8 Å². The zero-order valence-corrected chi connectivity index (χ0v) is 24.9. The van der Waals surface area contributed by atoms with E-state index in [4.69, 9.17) is 35.7 Å². The van der Waals surface area contributed by atoms with Crippen LogP contribution in [0.1, 0.15) is 41.7 Å². The van der Waals surface area contributed by atoms with E-state index in [-0.39, 0.29) is 89.0 Å². The van der Waals surface area contributed by atoms with E-state index in [2.05, 4.69) is 21.3 Å². The van der Waals surface area contributed by atoms with Gasteiger partial charge in [0.1, 0.15) is 10.1 Å². The van der Waals surface area contributed by atoms with Gasteiger partial charge in [0, 0.05) is 64.5 Å². The molecule has 0 fully saturated rings. The van der Waals surface area contributed by atoms with E-state index in [0.29, 0.717) is 35.6 Å². The number of pyridine rings is 2. The van der Waals surface area contributed by atoms with E-state index in [9.17, 15) is 29.6 Å². The van der Waals surface area contributed by atoms with Crippen molar-refractivity contribution in [1.29, 1.82) is 0 Å². The van der Waals surface area contributed by atoms with Crippen LogP contribution in [0.5, 0.6) is 0 Å². The summed E-state index contributed by atoms with van der Waals surface area (Å²) in [6.45, 7) is 2.37. The molecule has 0 spiro atoms. The minimum atomic E-state index is -0.635. The Morgan fingerprint density at radius 2 is 1.14 bits per heavy atom. The number of rotatable bonds is 2. The SMILES string of the molecule is NCCN1CCNC(=O)c2ccc([n+](O)c2[S-])C(=O)NCCOCCNC(=O)c2ccc(c([S-])[n+]2O)C(=O)NCC1.[Cu+2]. The van der Waals surface area contributed by atoms with Gasteiger partial charge in [-0.3, -0.25) is 34.5 Å². The standard InChI is InChI=1S/C24H32N8O7S2.Cu/c25-5-10-30-11-6-26-19(33)15-1-3-17(31(37)23(15)40)21(35)28-8-13-39-14-9-29-22(36)18-4-2-16(24(41)32(18)38)20(34)27-7-12-30;/h1-4,37-38H,5-14,25H2,(H4,26,27,28,29,33,34,35,36);/q;+2. The first-order chi connectivity index (χ1) is 19.6. The molecule has 6 rings (SSSR count). The van der Waals surface area contributed by atoms with Crippen molar-refractivity contribution >= 4 is 48.9 Å². The number of amides is 4. The zero-order chi connectivity index (χ0) is 29.9. The summed E-state index contributed by atoms with van der Waals surface area (Å²) in [5.41, 5.74) is 5.39. The van der Waals surface area contributed by atoms with Crippen LogP contribution in [0.25, 0.3) is 0 Å². The molecule has 0 unspecified atom stereocenters. The Kier molecular flexibility index (Phi) is 14.0. The second-order valence-corrected chi connectivity index (χ2v) is 9.54. The summed E-state index contributed by atoms with van der Waals surface area (Å²) in [6, 6.07) is 5.26. The molecule has 42 heavy (non-hydrogen) atoms. The van der Waals surface area contributed by atoms with Crippen LogP contribution < -0.4 is 36.5 Å². The minimum absolute atomic E-state index is 0. The fourth-order valence-electron chi connectivity index (χ4n) is 3.86. The van der Waals surface area contributed by atoms with Crippen LogP contribution in [-0.2, 0) is 47.1 Å². The average Bonchev–Trinajstić information content (AvgIpc) is 2.94. The van der Waals surface area contributed by atoms with Crippen molar-refractivity contribution in [3.8, 4) is 0 Å². The molecule has 15 nitrogen and oxygen atoms in total. The van der Waals surface area contributed by atoms with E-state index >= 15 is 0 Å². The summed E-state index contributed by atoms with van der Waals surface area (Å²) in [7, 11) is 0. The molecule has 4 bridgehead atoms. The molecule has 4 aliphatic heterocycles. The largest absolute Gasteiger partial charge is 2.00 e. The van der Waals surface area contributed by atoms with E-state index in [1.807, 2.05) is 4.90 Å². The number of nitrogens with one attached hydrogen (secondary N) is 4. The summed E-state index contributed by atoms with van der Waals surface area (Å²) in [4.78, 5) is 52.3. The third-order valence-corrected chi connectivity index (χ3v) is 6.79. The molecule has 8 N–H and O–H groups in total. The number of ether oxygens (including phenoxy) is 1. The Hall–Kier alpha value is -3.38. The van der Waals surface area contributed by atoms with E-state index in [1.165, 1.54) is 24.3 Å². The van der Waals surface area contributed by atoms with Crippen molar-refractivity contribution in [2.24, 2.45) is 5.73 Å². The Balaban J connectivity index is 0.00000616. The average molecular weight is 672 g/mol. The van der Waals surface area contributed by atoms with Gasteiger partial charge in [-0.2, -0.15) is 0 Å². The number of nitrogens with zero attached hydrogens (tertiary/aromatic N) is 3. The van der Waals surface area contributed by atoms with Gasteiger partial charge < -0.3 is 57.0 Å². The normalized spacial score (nSPS) is 16.6. The summed E-state index contributed by atoms with van der Waals surface area (Å²) < 4.78 is 6.32. The molecule has 4 aliphatic rings. The fraction of sp³-hybridized carbons (Fsp3) is 0.417. The summed E-state index contributed by atoms with van der Waals surface area (Å²) >= 11 is 10.4. The molecule has 18 heteroatoms. The molecule has 1 radical (unpaired) electrons. The first-order valence-corrected chi connectivity index (χ1v) is 13.5. The zero-order valence-electron chi connectivity index (χ0n) is 22.4. The molecule has 0 aromatic carbocycles. The van der Waals surface area contributed by atoms with Crippen LogP contribution in [0.15, 0.2) is 34.3 Å². The van der Waals surface area contributed by atoms with Gasteiger partial charge in [-0.25, -0.2) is 0 Å². The predicted octanol–water partition coefficient (Wildman–Crippen LogP) is -3.54. The Morgan fingerprint density at radius 3 is 1.55 bits per heavy atom. The maximum atomic E-state index is 12.7. The van der Waals surface area contributed by atoms with Crippen LogP contribution in [-0.4, -0.2) is 105 Å². The Morgan fingerprint density at radius 1 is 0.738 bits per heavy atom. The van der Waals surface area contributed by atoms with E-state index < -0.39 is 23.6 Å². The summed E-state index contributed by atoms with van der Waals surface area (Å²) in [5.74, 6) is -2.34. The molecular weight excluding hydrogens is 640 g/mol. The topological polar surface area (TPSA) is 203 Å². The van der Waals surface area contributed by atoms with Crippen LogP contribution in [0.4, 0.5) is 0 Å². The van der Waals surface area contributed by atoms with Crippen LogP contribution >= 0.6 is 0 Å². The van der Waals surface area contributed by atoms with Gasteiger partial charge in [-0.1, -0.05) is 0 Å². The molecule has 231 valence electrons. The number of hydrogen-bond donors (Lipinski definition) is 7. The molecule has 0 saturated heterocycles. The van der Waals surface area contributed by atoms with Gasteiger partial charge in [0.05, 0.1) is 24.3 Å². The third kappa shape index (κ3) is 9.06. The van der Waals surface area contributed by atoms with Crippen molar-refractivity contribution in [3.05, 3.63) is 46.8 Å². The number of aromatic nitrogens is 2. The summed E-state index contributed by atoms with van der Waals surface area (Å²) in [5, 5.41) is 30.9. The summed E-state index contributed by atoms with van der Waals surface area (Å²) in [6.07, 6.45) is 0. The van der Waals surface area contributed by atoms with Gasteiger partial charge in [-0.15, -0.1) is 0 Å². The first-order valence-electron chi connectivity index (χ1n) is 12.7. The van der Waals surface area contributed by atoms with Gasteiger partial charge in [-0.05, 0) is 21.6 Å². The van der Waals surface area contributed by atoms with Crippen molar-refractivity contribution in [2.45, 2.75) is 10.1 Å². The van der Waals surface area contributed by atoms with Crippen molar-refractivity contribution < 1.29 is 60.9 Å². The number of carbonyl (C=O) groups excluding carboxylic acids is 4. The monoisotopic (exact) mass is 671 g/mol. The molecule has 0 saturated carbocycles. The predicted molar refractivity (Wildman–Crippen MR) is 145 cm³/mol. The van der Waals surface area contributed by atoms with E-state index in [1.54, 1.807) is 0 Å². The molecule has 0 aliphatic carbocycles. The fourth-order valence-corrected chi connectivity index (χ4v) is 4.38. The van der Waals surface area contributed by atoms with Gasteiger partial charge in [0.2, 0.25) is 0 Å². The maximum Gasteiger partial charge on any atom is 2.00 e. The Labute approximate surface area is 263 Å². The van der Waals surface area contributed by atoms with Crippen LogP contribution in [0.3, 0.4) is 0 Å². The van der Waals surface area contributed by atoms with Crippen LogP contribution in [0.2, 0.25) is 0 Å². The smallest absolute Gasteiger partial charge is 0.705 e. The minimum Gasteiger partial charge on any atom is -0.705 e. The maximum absolute atomic E-state index is 12.7. The molecule has 4 amide bonds. The van der Waals surface area contributed by atoms with E-state index in [0.717, 1.165) is 0 Å². The number of carbonyl (C=O) groups is 4. The van der Waals surface area contributed by atoms with Crippen molar-refractivity contribution in [3.63, 3.8) is 0 Å². The van der Waals surface area contributed by atoms with Gasteiger partial charge in [0.15, 0.2) is 0 Å². The van der Waals surface area contributed by atoms with Crippen molar-refractivity contribution in [2.75, 3.05) is 65.6 Å². The molecule has 2 aromatic heterocycles. The quantitative estimate of drug-likeness (QED) is 0.0721. The number of nitrogens with two attached hydrogens (primary N) is 1. The van der Waals surface area contributed by atoms with Crippen molar-refractivity contribution in [1.82, 2.24) is 26.2 Å². The molecule has 6 heterocycles.